The van der Waals surface area contributed by atoms with Crippen molar-refractivity contribution in [3.8, 4) is 28.7 Å². The van der Waals surface area contributed by atoms with Gasteiger partial charge in [-0.15, -0.1) is 29.7 Å². The van der Waals surface area contributed by atoms with E-state index in [1.165, 1.54) is 33.4 Å². The van der Waals surface area contributed by atoms with Gasteiger partial charge in [0.2, 0.25) is 0 Å². The molecule has 0 spiro atoms. The van der Waals surface area contributed by atoms with Crippen molar-refractivity contribution in [3.63, 3.8) is 0 Å². The van der Waals surface area contributed by atoms with Crippen LogP contribution in [0.1, 0.15) is 129 Å². The minimum Gasteiger partial charge on any atom is -0.510 e. The summed E-state index contributed by atoms with van der Waals surface area (Å²) in [4.78, 5) is 5.04. The topological polar surface area (TPSA) is 35.9 Å². The first-order valence-electron chi connectivity index (χ1n) is 23.6. The molecule has 6 heteroatoms. The van der Waals surface area contributed by atoms with Crippen LogP contribution in [0.25, 0.3) is 39.0 Å². The Bertz CT molecular complexity index is 3230. The van der Waals surface area contributed by atoms with E-state index in [0.29, 0.717) is 11.5 Å². The summed E-state index contributed by atoms with van der Waals surface area (Å²) < 4.78 is 13.2. The van der Waals surface area contributed by atoms with Gasteiger partial charge in [0.15, 0.2) is 0 Å². The second-order valence-electron chi connectivity index (χ2n) is 22.4. The van der Waals surface area contributed by atoms with Crippen LogP contribution in [0.2, 0.25) is 0 Å². The Balaban J connectivity index is 0.00000625. The smallest absolute Gasteiger partial charge is 0.267 e. The van der Waals surface area contributed by atoms with Crippen molar-refractivity contribution in [3.05, 3.63) is 209 Å². The maximum absolute atomic E-state index is 6.72. The third-order valence-corrected chi connectivity index (χ3v) is 13.7. The minimum absolute atomic E-state index is 0. The molecule has 350 valence electrons. The molecule has 0 atom stereocenters. The van der Waals surface area contributed by atoms with Gasteiger partial charge in [-0.05, 0) is 91.0 Å². The normalized spacial score (nSPS) is 12.7. The quantitative estimate of drug-likeness (QED) is 0.107. The van der Waals surface area contributed by atoms with Gasteiger partial charge < -0.3 is 13.9 Å². The van der Waals surface area contributed by atoms with Crippen LogP contribution in [0.5, 0.6) is 11.5 Å². The number of hydrogen-bond acceptors (Lipinski definition) is 2. The molecule has 9 rings (SSSR count). The van der Waals surface area contributed by atoms with Gasteiger partial charge in [0.05, 0.1) is 11.4 Å². The summed E-state index contributed by atoms with van der Waals surface area (Å²) in [5.41, 5.74) is 11.9. The van der Waals surface area contributed by atoms with Crippen LogP contribution in [0, 0.1) is 18.5 Å². The molecule has 0 radical (unpaired) electrons. The molecule has 3 aromatic heterocycles. The van der Waals surface area contributed by atoms with Gasteiger partial charge in [-0.1, -0.05) is 174 Å². The van der Waals surface area contributed by atoms with Gasteiger partial charge >= 0.3 is 0 Å². The van der Waals surface area contributed by atoms with E-state index in [4.69, 9.17) is 9.72 Å². The van der Waals surface area contributed by atoms with E-state index in [0.717, 1.165) is 44.7 Å². The van der Waals surface area contributed by atoms with E-state index < -0.39 is 0 Å². The van der Waals surface area contributed by atoms with E-state index in [1.807, 2.05) is 29.0 Å². The summed E-state index contributed by atoms with van der Waals surface area (Å²) in [6, 6.07) is 57.1. The largest absolute Gasteiger partial charge is 0.510 e. The zero-order valence-electron chi connectivity index (χ0n) is 41.9. The van der Waals surface area contributed by atoms with Gasteiger partial charge in [0, 0.05) is 61.3 Å². The van der Waals surface area contributed by atoms with Crippen LogP contribution in [0.3, 0.4) is 0 Å². The maximum atomic E-state index is 6.72. The maximum Gasteiger partial charge on any atom is 0.267 e. The van der Waals surface area contributed by atoms with Crippen LogP contribution in [-0.4, -0.2) is 14.1 Å². The van der Waals surface area contributed by atoms with Crippen molar-refractivity contribution in [2.45, 2.75) is 117 Å². The van der Waals surface area contributed by atoms with Crippen molar-refractivity contribution in [2.24, 2.45) is 0 Å². The number of rotatable bonds is 9. The van der Waals surface area contributed by atoms with E-state index in [-0.39, 0.29) is 48.1 Å². The first-order chi connectivity index (χ1) is 31.6. The predicted octanol–water partition coefficient (Wildman–Crippen LogP) is 15.0. The third-order valence-electron chi connectivity index (χ3n) is 13.7. The van der Waals surface area contributed by atoms with Crippen molar-refractivity contribution < 1.29 is 30.4 Å². The number of imidazole rings is 1. The average Bonchev–Trinajstić information content (AvgIpc) is 3.90. The van der Waals surface area contributed by atoms with Crippen LogP contribution < -0.4 is 9.30 Å². The molecule has 3 heterocycles. The molecule has 6 aromatic carbocycles. The molecule has 0 aliphatic rings. The zero-order valence-corrected chi connectivity index (χ0v) is 44.2. The number of nitrogens with zero attached hydrogens (tertiary/aromatic N) is 4. The fourth-order valence-corrected chi connectivity index (χ4v) is 9.16. The number of aromatic nitrogens is 4. The van der Waals surface area contributed by atoms with Gasteiger partial charge in [0.25, 0.3) is 6.33 Å². The number of benzene rings is 6. The summed E-state index contributed by atoms with van der Waals surface area (Å²) >= 11 is 0. The van der Waals surface area contributed by atoms with E-state index in [2.05, 4.69) is 245 Å². The standard InChI is InChI=1S/C62H64N4O.Pt/c1-58(2,3)46-33-47(59(4,5)6)35-49(34-46)65-41-64(40-56(65)60(7,8)9)48-25-20-26-50(38-48)67-51-28-29-52-53-36-44(61(10,11)42-21-16-14-17-22-42)27-30-54(53)66(55(52)39-51)57-37-45(31-32-63-57)62(12,13)43-23-18-15-19-24-43;/h14-37,40H,1-13H3;/q-2;. The Kier molecular flexibility index (Phi) is 12.7. The summed E-state index contributed by atoms with van der Waals surface area (Å²) in [6.45, 7) is 29.6. The SMILES string of the molecule is CC(C)(C)c1cc(-[n+]2[c-]n(-c3[c-]c(Oc4[c-]c5c(cc4)c4cc(C(C)(C)c6ccccc6)ccc4n5-c4cc(C(C)(C)c5ccccc5)ccn4)ccc3)cc2C(C)(C)C)cc(C(C)(C)C)c1.[Pt]. The molecule has 0 aliphatic heterocycles. The summed E-state index contributed by atoms with van der Waals surface area (Å²) in [5, 5.41) is 2.21. The average molecular weight is 1080 g/mol. The summed E-state index contributed by atoms with van der Waals surface area (Å²) in [5.74, 6) is 2.00. The van der Waals surface area contributed by atoms with E-state index in [9.17, 15) is 0 Å². The molecule has 0 N–H and O–H groups in total. The second-order valence-corrected chi connectivity index (χ2v) is 22.4. The molecule has 5 nitrogen and oxygen atoms in total. The van der Waals surface area contributed by atoms with Crippen LogP contribution in [0.15, 0.2) is 152 Å². The van der Waals surface area contributed by atoms with Crippen molar-refractivity contribution in [1.29, 1.82) is 0 Å². The van der Waals surface area contributed by atoms with Crippen LogP contribution in [-0.2, 0) is 48.1 Å². The van der Waals surface area contributed by atoms with E-state index in [1.54, 1.807) is 0 Å². The molecule has 0 saturated carbocycles. The third kappa shape index (κ3) is 9.27. The first-order valence-corrected chi connectivity index (χ1v) is 23.6. The van der Waals surface area contributed by atoms with Crippen molar-refractivity contribution in [1.82, 2.24) is 14.1 Å². The minimum atomic E-state index is -0.251. The Morgan fingerprint density at radius 2 is 1.09 bits per heavy atom. The molecule has 68 heavy (non-hydrogen) atoms. The first kappa shape index (κ1) is 48.4. The molecule has 9 aromatic rings. The summed E-state index contributed by atoms with van der Waals surface area (Å²) in [6.07, 6.45) is 7.82. The fourth-order valence-electron chi connectivity index (χ4n) is 9.16. The predicted molar refractivity (Wildman–Crippen MR) is 276 cm³/mol. The van der Waals surface area contributed by atoms with Crippen molar-refractivity contribution in [2.75, 3.05) is 0 Å². The Hall–Kier alpha value is -6.03. The molecular weight excluding hydrogens is 1010 g/mol. The van der Waals surface area contributed by atoms with Gasteiger partial charge in [-0.25, -0.2) is 4.98 Å². The Labute approximate surface area is 419 Å². The molecule has 0 amide bonds. The number of hydrogen-bond donors (Lipinski definition) is 0. The molecule has 0 saturated heterocycles. The molecule has 0 fully saturated rings. The number of pyridine rings is 1. The molecule has 0 bridgehead atoms. The summed E-state index contributed by atoms with van der Waals surface area (Å²) in [7, 11) is 0. The van der Waals surface area contributed by atoms with Gasteiger partial charge in [-0.3, -0.25) is 4.57 Å². The number of ether oxygens (including phenoxy) is 1. The van der Waals surface area contributed by atoms with Crippen molar-refractivity contribution >= 4 is 21.8 Å². The van der Waals surface area contributed by atoms with E-state index >= 15 is 0 Å². The molecule has 0 aliphatic carbocycles. The van der Waals surface area contributed by atoms with Gasteiger partial charge in [-0.2, -0.15) is 18.2 Å². The van der Waals surface area contributed by atoms with Crippen LogP contribution >= 0.6 is 0 Å². The van der Waals surface area contributed by atoms with Crippen LogP contribution in [0.4, 0.5) is 0 Å². The molecule has 0 unspecified atom stereocenters. The number of fused-ring (bicyclic) bond motifs is 3. The monoisotopic (exact) mass is 1080 g/mol. The fraction of sp³-hybridized carbons (Fsp3) is 0.290. The second kappa shape index (κ2) is 17.8. The Morgan fingerprint density at radius 1 is 0.500 bits per heavy atom. The van der Waals surface area contributed by atoms with Gasteiger partial charge in [0.1, 0.15) is 5.82 Å². The Morgan fingerprint density at radius 3 is 1.68 bits per heavy atom. The molecular formula is C62H64N4OPt-2. The zero-order chi connectivity index (χ0) is 47.7.